The number of fused-ring (bicyclic) bond motifs is 2. The van der Waals surface area contributed by atoms with E-state index >= 15 is 0 Å². The van der Waals surface area contributed by atoms with E-state index in [9.17, 15) is 19.6 Å². The van der Waals surface area contributed by atoms with Gasteiger partial charge in [-0.2, -0.15) is 5.26 Å². The molecular formula is C32H35N7O4. The third-order valence-corrected chi connectivity index (χ3v) is 9.30. The lowest BCUT2D eigenvalue weighted by atomic mass is 9.98. The van der Waals surface area contributed by atoms with E-state index in [1.54, 1.807) is 41.8 Å². The van der Waals surface area contributed by atoms with Crippen LogP contribution in [0.3, 0.4) is 0 Å². The van der Waals surface area contributed by atoms with E-state index in [0.717, 1.165) is 11.8 Å². The second kappa shape index (κ2) is 11.7. The lowest BCUT2D eigenvalue weighted by Gasteiger charge is -2.33. The molecule has 2 aliphatic heterocycles. The summed E-state index contributed by atoms with van der Waals surface area (Å²) in [5.41, 5.74) is 1.61. The Bertz CT molecular complexity index is 1560. The molecule has 11 nitrogen and oxygen atoms in total. The van der Waals surface area contributed by atoms with Crippen LogP contribution in [0.15, 0.2) is 55.1 Å². The fraction of sp³-hybridized carbons (Fsp3) is 0.469. The molecule has 5 heterocycles. The van der Waals surface area contributed by atoms with Crippen LogP contribution in [0.1, 0.15) is 44.0 Å². The number of carbonyl (C=O) groups is 3. The molecule has 222 valence electrons. The van der Waals surface area contributed by atoms with Crippen molar-refractivity contribution < 1.29 is 19.1 Å². The van der Waals surface area contributed by atoms with Gasteiger partial charge in [0.25, 0.3) is 0 Å². The molecule has 3 aliphatic rings. The molecule has 2 saturated heterocycles. The SMILES string of the molecule is CC1(C)[C@@H]2[C@@H](C(=O)NC(C#N)c3cncc4cccnc34)N(C(=O)[C@H](Cc3ccccn3)NC(=O)CC3CCOC3)C[C@@H]21. The van der Waals surface area contributed by atoms with Crippen LogP contribution < -0.4 is 10.6 Å². The molecule has 3 aromatic rings. The van der Waals surface area contributed by atoms with E-state index in [2.05, 4.69) is 45.5 Å². The number of aromatic nitrogens is 3. The molecule has 6 rings (SSSR count). The summed E-state index contributed by atoms with van der Waals surface area (Å²) in [5, 5.41) is 16.7. The first-order chi connectivity index (χ1) is 20.8. The Balaban J connectivity index is 1.25. The minimum Gasteiger partial charge on any atom is -0.381 e. The van der Waals surface area contributed by atoms with Gasteiger partial charge in [-0.25, -0.2) is 0 Å². The summed E-state index contributed by atoms with van der Waals surface area (Å²) in [4.78, 5) is 55.9. The van der Waals surface area contributed by atoms with Gasteiger partial charge >= 0.3 is 0 Å². The van der Waals surface area contributed by atoms with Crippen molar-refractivity contribution in [3.05, 3.63) is 66.4 Å². The third-order valence-electron chi connectivity index (χ3n) is 9.30. The Hall–Kier alpha value is -4.43. The van der Waals surface area contributed by atoms with Crippen molar-refractivity contribution in [2.24, 2.45) is 23.2 Å². The zero-order valence-electron chi connectivity index (χ0n) is 24.3. The van der Waals surface area contributed by atoms with Crippen LogP contribution in [0.25, 0.3) is 10.9 Å². The Labute approximate surface area is 250 Å². The zero-order valence-corrected chi connectivity index (χ0v) is 24.3. The second-order valence-corrected chi connectivity index (χ2v) is 12.3. The number of carbonyl (C=O) groups excluding carboxylic acids is 3. The Kier molecular flexibility index (Phi) is 7.79. The summed E-state index contributed by atoms with van der Waals surface area (Å²) in [6.07, 6.45) is 7.76. The smallest absolute Gasteiger partial charge is 0.246 e. The van der Waals surface area contributed by atoms with Gasteiger partial charge in [0, 0.05) is 74.0 Å². The van der Waals surface area contributed by atoms with E-state index in [1.807, 2.05) is 18.2 Å². The zero-order chi connectivity index (χ0) is 30.1. The van der Waals surface area contributed by atoms with Crippen molar-refractivity contribution in [1.29, 1.82) is 5.26 Å². The average molecular weight is 582 g/mol. The largest absolute Gasteiger partial charge is 0.381 e. The highest BCUT2D eigenvalue weighted by molar-refractivity contribution is 5.94. The van der Waals surface area contributed by atoms with Crippen molar-refractivity contribution in [3.63, 3.8) is 0 Å². The molecule has 0 aromatic carbocycles. The number of likely N-dealkylation sites (tertiary alicyclic amines) is 1. The molecule has 0 spiro atoms. The van der Waals surface area contributed by atoms with Crippen LogP contribution in [0.2, 0.25) is 0 Å². The molecule has 0 radical (unpaired) electrons. The maximum absolute atomic E-state index is 14.2. The lowest BCUT2D eigenvalue weighted by Crippen LogP contribution is -2.56. The molecule has 6 atom stereocenters. The van der Waals surface area contributed by atoms with Crippen LogP contribution >= 0.6 is 0 Å². The number of amides is 3. The van der Waals surface area contributed by atoms with Crippen LogP contribution in [-0.2, 0) is 25.5 Å². The quantitative estimate of drug-likeness (QED) is 0.391. The highest BCUT2D eigenvalue weighted by Crippen LogP contribution is 2.65. The number of nitriles is 1. The molecule has 3 fully saturated rings. The molecule has 43 heavy (non-hydrogen) atoms. The molecule has 0 bridgehead atoms. The Morgan fingerprint density at radius 2 is 1.98 bits per heavy atom. The van der Waals surface area contributed by atoms with Crippen LogP contribution in [0.4, 0.5) is 0 Å². The minimum absolute atomic E-state index is 0.0681. The van der Waals surface area contributed by atoms with E-state index < -0.39 is 24.0 Å². The molecule has 3 aromatic heterocycles. The first-order valence-corrected chi connectivity index (χ1v) is 14.7. The van der Waals surface area contributed by atoms with Gasteiger partial charge in [-0.1, -0.05) is 19.9 Å². The predicted octanol–water partition coefficient (Wildman–Crippen LogP) is 2.34. The number of nitrogens with zero attached hydrogens (tertiary/aromatic N) is 5. The van der Waals surface area contributed by atoms with E-state index in [-0.39, 0.29) is 47.8 Å². The number of nitrogens with one attached hydrogen (secondary N) is 2. The summed E-state index contributed by atoms with van der Waals surface area (Å²) < 4.78 is 5.42. The van der Waals surface area contributed by atoms with Crippen molar-refractivity contribution >= 4 is 28.6 Å². The lowest BCUT2D eigenvalue weighted by molar-refractivity contribution is -0.143. The molecule has 1 saturated carbocycles. The van der Waals surface area contributed by atoms with Crippen LogP contribution in [0.5, 0.6) is 0 Å². The highest BCUT2D eigenvalue weighted by atomic mass is 16.5. The van der Waals surface area contributed by atoms with E-state index in [0.29, 0.717) is 36.5 Å². The van der Waals surface area contributed by atoms with Crippen molar-refractivity contribution in [1.82, 2.24) is 30.5 Å². The summed E-state index contributed by atoms with van der Waals surface area (Å²) in [5.74, 6) is -0.776. The molecule has 1 aliphatic carbocycles. The molecule has 11 heteroatoms. The maximum atomic E-state index is 14.2. The van der Waals surface area contributed by atoms with Gasteiger partial charge in [-0.3, -0.25) is 29.3 Å². The minimum atomic E-state index is -1.01. The topological polar surface area (TPSA) is 150 Å². The van der Waals surface area contributed by atoms with Gasteiger partial charge in [-0.15, -0.1) is 0 Å². The van der Waals surface area contributed by atoms with Gasteiger partial charge in [0.1, 0.15) is 18.1 Å². The van der Waals surface area contributed by atoms with Gasteiger partial charge in [0.15, 0.2) is 0 Å². The number of pyridine rings is 3. The van der Waals surface area contributed by atoms with Gasteiger partial charge in [-0.05, 0) is 53.9 Å². The first-order valence-electron chi connectivity index (χ1n) is 14.7. The van der Waals surface area contributed by atoms with Crippen molar-refractivity contribution in [2.45, 2.75) is 51.2 Å². The fourth-order valence-electron chi connectivity index (χ4n) is 6.84. The van der Waals surface area contributed by atoms with E-state index in [1.165, 1.54) is 0 Å². The van der Waals surface area contributed by atoms with Gasteiger partial charge < -0.3 is 20.3 Å². The molecule has 2 N–H and O–H groups in total. The number of ether oxygens (including phenoxy) is 1. The summed E-state index contributed by atoms with van der Waals surface area (Å²) in [7, 11) is 0. The highest BCUT2D eigenvalue weighted by Gasteiger charge is 2.69. The second-order valence-electron chi connectivity index (χ2n) is 12.3. The van der Waals surface area contributed by atoms with Crippen molar-refractivity contribution in [2.75, 3.05) is 19.8 Å². The Morgan fingerprint density at radius 3 is 2.72 bits per heavy atom. The third kappa shape index (κ3) is 5.67. The average Bonchev–Trinajstić information content (AvgIpc) is 3.42. The number of rotatable bonds is 9. The number of piperidine rings is 1. The fourth-order valence-corrected chi connectivity index (χ4v) is 6.84. The van der Waals surface area contributed by atoms with Gasteiger partial charge in [0.05, 0.1) is 11.6 Å². The van der Waals surface area contributed by atoms with Crippen molar-refractivity contribution in [3.8, 4) is 6.07 Å². The number of hydrogen-bond donors (Lipinski definition) is 2. The predicted molar refractivity (Wildman–Crippen MR) is 156 cm³/mol. The van der Waals surface area contributed by atoms with Crippen LogP contribution in [-0.4, -0.2) is 69.4 Å². The Morgan fingerprint density at radius 1 is 1.14 bits per heavy atom. The summed E-state index contributed by atoms with van der Waals surface area (Å²) in [6, 6.07) is 8.58. The number of hydrogen-bond acceptors (Lipinski definition) is 8. The summed E-state index contributed by atoms with van der Waals surface area (Å²) >= 11 is 0. The normalized spacial score (nSPS) is 24.9. The maximum Gasteiger partial charge on any atom is 0.246 e. The first kappa shape index (κ1) is 28.7. The van der Waals surface area contributed by atoms with E-state index in [4.69, 9.17) is 4.74 Å². The summed E-state index contributed by atoms with van der Waals surface area (Å²) in [6.45, 7) is 5.75. The standard InChI is InChI=1S/C32H35N7O4/c1-32(2)23-17-39(31(42)24(13-21-7-3-4-9-35-21)37-26(40)12-19-8-11-43-18-19)29(27(23)32)30(41)38-25(14-33)22-16-34-15-20-6-5-10-36-28(20)22/h3-7,9-10,15-16,19,23-25,27,29H,8,11-13,17-18H2,1-2H3,(H,37,40)(H,38,41)/t19?,23-,24-,25?,27-,29-/m0/s1. The molecular weight excluding hydrogens is 546 g/mol. The molecule has 2 unspecified atom stereocenters. The monoisotopic (exact) mass is 581 g/mol. The van der Waals surface area contributed by atoms with Crippen LogP contribution in [0, 0.1) is 34.5 Å². The molecule has 3 amide bonds. The van der Waals surface area contributed by atoms with Gasteiger partial charge in [0.2, 0.25) is 17.7 Å².